The molecule has 0 saturated heterocycles. The number of rotatable bonds is 6. The zero-order valence-electron chi connectivity index (χ0n) is 14.5. The van der Waals surface area contributed by atoms with Crippen LogP contribution < -0.4 is 10.6 Å². The number of amides is 2. The fourth-order valence-corrected chi connectivity index (χ4v) is 2.54. The number of nitrogens with one attached hydrogen (secondary N) is 2. The van der Waals surface area contributed by atoms with Gasteiger partial charge in [0.15, 0.2) is 0 Å². The van der Waals surface area contributed by atoms with E-state index in [1.165, 1.54) is 22.3 Å². The molecule has 0 heterocycles. The first-order valence-corrected chi connectivity index (χ1v) is 8.14. The summed E-state index contributed by atoms with van der Waals surface area (Å²) in [6.07, 6.45) is 0.783. The molecule has 126 valence electrons. The molecular weight excluding hydrogens is 300 g/mol. The lowest BCUT2D eigenvalue weighted by molar-refractivity contribution is -0.120. The van der Waals surface area contributed by atoms with Gasteiger partial charge in [-0.05, 0) is 61.6 Å². The van der Waals surface area contributed by atoms with Crippen molar-refractivity contribution in [1.29, 1.82) is 0 Å². The predicted octanol–water partition coefficient (Wildman–Crippen LogP) is 2.70. The highest BCUT2D eigenvalue weighted by atomic mass is 16.2. The zero-order valence-corrected chi connectivity index (χ0v) is 14.5. The molecule has 2 N–H and O–H groups in total. The molecule has 0 bridgehead atoms. The standard InChI is InChI=1S/C20H24N2O2/c1-14-11-16(3)18(12-15(14)2)9-10-21-19(23)13-22-20(24)17-7-5-4-6-8-17/h4-8,11-12H,9-10,13H2,1-3H3,(H,21,23)(H,22,24). The van der Waals surface area contributed by atoms with E-state index in [4.69, 9.17) is 0 Å². The van der Waals surface area contributed by atoms with Gasteiger partial charge in [-0.1, -0.05) is 30.3 Å². The van der Waals surface area contributed by atoms with Gasteiger partial charge in [0.1, 0.15) is 0 Å². The summed E-state index contributed by atoms with van der Waals surface area (Å²) in [4.78, 5) is 23.7. The molecule has 2 amide bonds. The second kappa shape index (κ2) is 8.29. The summed E-state index contributed by atoms with van der Waals surface area (Å²) in [7, 11) is 0. The van der Waals surface area contributed by atoms with Gasteiger partial charge in [-0.15, -0.1) is 0 Å². The van der Waals surface area contributed by atoms with Gasteiger partial charge < -0.3 is 10.6 Å². The van der Waals surface area contributed by atoms with E-state index in [0.717, 1.165) is 6.42 Å². The maximum atomic E-state index is 11.9. The van der Waals surface area contributed by atoms with Gasteiger partial charge in [0.05, 0.1) is 6.54 Å². The number of hydrogen-bond donors (Lipinski definition) is 2. The summed E-state index contributed by atoms with van der Waals surface area (Å²) in [6.45, 7) is 6.83. The maximum Gasteiger partial charge on any atom is 0.251 e. The van der Waals surface area contributed by atoms with Gasteiger partial charge in [0.2, 0.25) is 5.91 Å². The average molecular weight is 324 g/mol. The van der Waals surface area contributed by atoms with Gasteiger partial charge in [0.25, 0.3) is 5.91 Å². The lowest BCUT2D eigenvalue weighted by Gasteiger charge is -2.11. The van der Waals surface area contributed by atoms with Crippen LogP contribution in [0.1, 0.15) is 32.6 Å². The van der Waals surface area contributed by atoms with E-state index in [2.05, 4.69) is 43.5 Å². The summed E-state index contributed by atoms with van der Waals surface area (Å²) in [6, 6.07) is 13.2. The molecule has 0 aromatic heterocycles. The Morgan fingerprint density at radius 1 is 0.875 bits per heavy atom. The minimum atomic E-state index is -0.240. The van der Waals surface area contributed by atoms with Crippen molar-refractivity contribution < 1.29 is 9.59 Å². The largest absolute Gasteiger partial charge is 0.354 e. The lowest BCUT2D eigenvalue weighted by Crippen LogP contribution is -2.37. The van der Waals surface area contributed by atoms with Crippen LogP contribution in [0.4, 0.5) is 0 Å². The minimum Gasteiger partial charge on any atom is -0.354 e. The topological polar surface area (TPSA) is 58.2 Å². The molecule has 0 saturated carbocycles. The number of hydrogen-bond acceptors (Lipinski definition) is 2. The third-order valence-electron chi connectivity index (χ3n) is 4.11. The normalized spacial score (nSPS) is 10.3. The van der Waals surface area contributed by atoms with Crippen molar-refractivity contribution in [2.24, 2.45) is 0 Å². The first kappa shape index (κ1) is 17.7. The fraction of sp³-hybridized carbons (Fsp3) is 0.300. The van der Waals surface area contributed by atoms with Crippen molar-refractivity contribution in [3.8, 4) is 0 Å². The summed E-state index contributed by atoms with van der Waals surface area (Å²) in [5, 5.41) is 5.47. The van der Waals surface area contributed by atoms with Crippen LogP contribution in [0.3, 0.4) is 0 Å². The second-order valence-corrected chi connectivity index (χ2v) is 6.01. The smallest absolute Gasteiger partial charge is 0.251 e. The van der Waals surface area contributed by atoms with Gasteiger partial charge in [-0.3, -0.25) is 9.59 Å². The van der Waals surface area contributed by atoms with Crippen LogP contribution in [-0.4, -0.2) is 24.9 Å². The molecule has 0 radical (unpaired) electrons. The van der Waals surface area contributed by atoms with Gasteiger partial charge in [-0.25, -0.2) is 0 Å². The third kappa shape index (κ3) is 4.95. The van der Waals surface area contributed by atoms with Crippen molar-refractivity contribution in [3.63, 3.8) is 0 Å². The van der Waals surface area contributed by atoms with Crippen LogP contribution in [0.2, 0.25) is 0 Å². The Morgan fingerprint density at radius 3 is 2.25 bits per heavy atom. The van der Waals surface area contributed by atoms with E-state index >= 15 is 0 Å². The first-order valence-electron chi connectivity index (χ1n) is 8.14. The van der Waals surface area contributed by atoms with Crippen LogP contribution in [0, 0.1) is 20.8 Å². The lowest BCUT2D eigenvalue weighted by atomic mass is 9.99. The van der Waals surface area contributed by atoms with Gasteiger partial charge >= 0.3 is 0 Å². The molecular formula is C20H24N2O2. The van der Waals surface area contributed by atoms with E-state index < -0.39 is 0 Å². The van der Waals surface area contributed by atoms with E-state index in [0.29, 0.717) is 12.1 Å². The Bertz CT molecular complexity index is 724. The SMILES string of the molecule is Cc1cc(C)c(CCNC(=O)CNC(=O)c2ccccc2)cc1C. The molecule has 4 heteroatoms. The molecule has 2 aromatic carbocycles. The summed E-state index contributed by atoms with van der Waals surface area (Å²) < 4.78 is 0. The fourth-order valence-electron chi connectivity index (χ4n) is 2.54. The van der Waals surface area contributed by atoms with E-state index in [9.17, 15) is 9.59 Å². The molecule has 0 aliphatic heterocycles. The highest BCUT2D eigenvalue weighted by Gasteiger charge is 2.07. The van der Waals surface area contributed by atoms with Crippen molar-refractivity contribution in [2.45, 2.75) is 27.2 Å². The molecule has 0 aliphatic carbocycles. The second-order valence-electron chi connectivity index (χ2n) is 6.01. The van der Waals surface area contributed by atoms with E-state index in [-0.39, 0.29) is 18.4 Å². The summed E-state index contributed by atoms with van der Waals surface area (Å²) >= 11 is 0. The summed E-state index contributed by atoms with van der Waals surface area (Å²) in [5.74, 6) is -0.420. The number of benzene rings is 2. The maximum absolute atomic E-state index is 11.9. The van der Waals surface area contributed by atoms with Crippen LogP contribution in [0.5, 0.6) is 0 Å². The number of aryl methyl sites for hydroxylation is 3. The number of carbonyl (C=O) groups excluding carboxylic acids is 2. The number of carbonyl (C=O) groups is 2. The van der Waals surface area contributed by atoms with Gasteiger partial charge in [0, 0.05) is 12.1 Å². The zero-order chi connectivity index (χ0) is 17.5. The summed E-state index contributed by atoms with van der Waals surface area (Å²) in [5.41, 5.74) is 5.58. The molecule has 0 fully saturated rings. The molecule has 4 nitrogen and oxygen atoms in total. The molecule has 24 heavy (non-hydrogen) atoms. The highest BCUT2D eigenvalue weighted by molar-refractivity contribution is 5.96. The monoisotopic (exact) mass is 324 g/mol. The molecule has 0 spiro atoms. The minimum absolute atomic E-state index is 0.0143. The molecule has 2 aromatic rings. The van der Waals surface area contributed by atoms with Gasteiger partial charge in [-0.2, -0.15) is 0 Å². The third-order valence-corrected chi connectivity index (χ3v) is 4.11. The van der Waals surface area contributed by atoms with Crippen molar-refractivity contribution in [3.05, 3.63) is 70.3 Å². The van der Waals surface area contributed by atoms with Crippen molar-refractivity contribution >= 4 is 11.8 Å². The van der Waals surface area contributed by atoms with Crippen LogP contribution in [0.25, 0.3) is 0 Å². The quantitative estimate of drug-likeness (QED) is 0.858. The Kier molecular flexibility index (Phi) is 6.13. The van der Waals surface area contributed by atoms with E-state index in [1.807, 2.05) is 6.07 Å². The molecule has 0 unspecified atom stereocenters. The van der Waals surface area contributed by atoms with Crippen LogP contribution >= 0.6 is 0 Å². The van der Waals surface area contributed by atoms with E-state index in [1.54, 1.807) is 24.3 Å². The van der Waals surface area contributed by atoms with Crippen molar-refractivity contribution in [1.82, 2.24) is 10.6 Å². The Labute approximate surface area is 143 Å². The Balaban J connectivity index is 1.76. The Hall–Kier alpha value is -2.62. The predicted molar refractivity (Wildman–Crippen MR) is 96.1 cm³/mol. The first-order chi connectivity index (χ1) is 11.5. The molecule has 0 atom stereocenters. The van der Waals surface area contributed by atoms with Crippen LogP contribution in [0.15, 0.2) is 42.5 Å². The van der Waals surface area contributed by atoms with Crippen molar-refractivity contribution in [2.75, 3.05) is 13.1 Å². The Morgan fingerprint density at radius 2 is 1.54 bits per heavy atom. The highest BCUT2D eigenvalue weighted by Crippen LogP contribution is 2.15. The molecule has 0 aliphatic rings. The molecule has 2 rings (SSSR count). The van der Waals surface area contributed by atoms with Crippen LogP contribution in [-0.2, 0) is 11.2 Å². The average Bonchev–Trinajstić information content (AvgIpc) is 2.58.